The molecule has 2 atom stereocenters. The van der Waals surface area contributed by atoms with Crippen LogP contribution in [0.5, 0.6) is 0 Å². The van der Waals surface area contributed by atoms with E-state index in [1.165, 1.54) is 17.5 Å². The summed E-state index contributed by atoms with van der Waals surface area (Å²) in [6.07, 6.45) is 4.32. The van der Waals surface area contributed by atoms with Crippen molar-refractivity contribution in [3.63, 3.8) is 0 Å². The van der Waals surface area contributed by atoms with Crippen molar-refractivity contribution < 1.29 is 4.79 Å². The molecule has 1 fully saturated rings. The molecule has 0 bridgehead atoms. The second kappa shape index (κ2) is 8.28. The van der Waals surface area contributed by atoms with Crippen LogP contribution in [0, 0.1) is 0 Å². The number of piperidine rings is 1. The summed E-state index contributed by atoms with van der Waals surface area (Å²) in [5.74, 6) is 0.131. The van der Waals surface area contributed by atoms with Crippen molar-refractivity contribution in [1.82, 2.24) is 10.6 Å². The van der Waals surface area contributed by atoms with Gasteiger partial charge in [-0.05, 0) is 43.9 Å². The van der Waals surface area contributed by atoms with Crippen LogP contribution in [0.25, 0.3) is 0 Å². The van der Waals surface area contributed by atoms with E-state index in [2.05, 4.69) is 41.8 Å². The van der Waals surface area contributed by atoms with Gasteiger partial charge >= 0.3 is 0 Å². The molecule has 0 saturated carbocycles. The van der Waals surface area contributed by atoms with Crippen LogP contribution >= 0.6 is 12.4 Å². The predicted octanol–water partition coefficient (Wildman–Crippen LogP) is 2.99. The lowest BCUT2D eigenvalue weighted by Gasteiger charge is -2.24. The number of aryl methyl sites for hydroxylation is 1. The van der Waals surface area contributed by atoms with Gasteiger partial charge in [-0.25, -0.2) is 0 Å². The standard InChI is InChI=1S/C16H24N2O.ClH/c1-3-13-7-9-14(10-8-13)12(2)18-16(19)15-6-4-5-11-17-15;/h7-10,12,15,17H,3-6,11H2,1-2H3,(H,18,19);1H/t12?,15-;/m1./s1. The lowest BCUT2D eigenvalue weighted by molar-refractivity contribution is -0.124. The fraction of sp³-hybridized carbons (Fsp3) is 0.562. The highest BCUT2D eigenvalue weighted by Gasteiger charge is 2.21. The fourth-order valence-corrected chi connectivity index (χ4v) is 2.51. The molecule has 1 amide bonds. The van der Waals surface area contributed by atoms with E-state index in [4.69, 9.17) is 0 Å². The van der Waals surface area contributed by atoms with Gasteiger partial charge < -0.3 is 10.6 Å². The second-order valence-electron chi connectivity index (χ2n) is 5.33. The average molecular weight is 297 g/mol. The first kappa shape index (κ1) is 17.0. The van der Waals surface area contributed by atoms with E-state index >= 15 is 0 Å². The van der Waals surface area contributed by atoms with Gasteiger partial charge in [-0.15, -0.1) is 12.4 Å². The fourth-order valence-electron chi connectivity index (χ4n) is 2.51. The molecule has 0 aromatic heterocycles. The van der Waals surface area contributed by atoms with Crippen LogP contribution in [0.15, 0.2) is 24.3 Å². The Morgan fingerprint density at radius 2 is 2.05 bits per heavy atom. The molecule has 1 heterocycles. The highest BCUT2D eigenvalue weighted by atomic mass is 35.5. The van der Waals surface area contributed by atoms with Crippen molar-refractivity contribution in [2.45, 2.75) is 51.6 Å². The predicted molar refractivity (Wildman–Crippen MR) is 85.3 cm³/mol. The van der Waals surface area contributed by atoms with Gasteiger partial charge in [-0.2, -0.15) is 0 Å². The zero-order chi connectivity index (χ0) is 13.7. The molecule has 0 radical (unpaired) electrons. The van der Waals surface area contributed by atoms with Crippen LogP contribution in [0.4, 0.5) is 0 Å². The minimum absolute atomic E-state index is 0. The number of nitrogens with one attached hydrogen (secondary N) is 2. The molecule has 1 unspecified atom stereocenters. The Bertz CT molecular complexity index is 413. The molecule has 1 aliphatic heterocycles. The Morgan fingerprint density at radius 3 is 2.60 bits per heavy atom. The summed E-state index contributed by atoms with van der Waals surface area (Å²) >= 11 is 0. The van der Waals surface area contributed by atoms with Gasteiger partial charge in [0.15, 0.2) is 0 Å². The lowest BCUT2D eigenvalue weighted by Crippen LogP contribution is -2.47. The molecule has 1 aromatic carbocycles. The third kappa shape index (κ3) is 4.50. The van der Waals surface area contributed by atoms with Gasteiger partial charge in [-0.3, -0.25) is 4.79 Å². The summed E-state index contributed by atoms with van der Waals surface area (Å²) < 4.78 is 0. The van der Waals surface area contributed by atoms with Crippen molar-refractivity contribution in [3.05, 3.63) is 35.4 Å². The van der Waals surface area contributed by atoms with Gasteiger partial charge in [-0.1, -0.05) is 37.6 Å². The zero-order valence-corrected chi connectivity index (χ0v) is 13.1. The van der Waals surface area contributed by atoms with Crippen LogP contribution < -0.4 is 10.6 Å². The number of halogens is 1. The third-order valence-electron chi connectivity index (χ3n) is 3.87. The summed E-state index contributed by atoms with van der Waals surface area (Å²) in [7, 11) is 0. The van der Waals surface area contributed by atoms with E-state index in [0.29, 0.717) is 0 Å². The van der Waals surface area contributed by atoms with E-state index in [-0.39, 0.29) is 30.4 Å². The zero-order valence-electron chi connectivity index (χ0n) is 12.3. The molecule has 20 heavy (non-hydrogen) atoms. The molecule has 2 N–H and O–H groups in total. The SMILES string of the molecule is CCc1ccc(C(C)NC(=O)[C@H]2CCCCN2)cc1.Cl. The minimum atomic E-state index is -0.00823. The molecule has 4 heteroatoms. The summed E-state index contributed by atoms with van der Waals surface area (Å²) in [6, 6.07) is 8.55. The first-order valence-electron chi connectivity index (χ1n) is 7.33. The van der Waals surface area contributed by atoms with Crippen LogP contribution in [-0.2, 0) is 11.2 Å². The van der Waals surface area contributed by atoms with Crippen molar-refractivity contribution in [3.8, 4) is 0 Å². The third-order valence-corrected chi connectivity index (χ3v) is 3.87. The number of hydrogen-bond acceptors (Lipinski definition) is 2. The van der Waals surface area contributed by atoms with E-state index in [1.54, 1.807) is 0 Å². The van der Waals surface area contributed by atoms with E-state index in [0.717, 1.165) is 25.8 Å². The molecular weight excluding hydrogens is 272 g/mol. The number of hydrogen-bond donors (Lipinski definition) is 2. The highest BCUT2D eigenvalue weighted by Crippen LogP contribution is 2.15. The van der Waals surface area contributed by atoms with Gasteiger partial charge in [0.25, 0.3) is 0 Å². The first-order valence-corrected chi connectivity index (χ1v) is 7.33. The van der Waals surface area contributed by atoms with E-state index < -0.39 is 0 Å². The second-order valence-corrected chi connectivity index (χ2v) is 5.33. The van der Waals surface area contributed by atoms with Gasteiger partial charge in [0, 0.05) is 0 Å². The summed E-state index contributed by atoms with van der Waals surface area (Å²) in [5, 5.41) is 6.38. The molecule has 1 saturated heterocycles. The van der Waals surface area contributed by atoms with Crippen molar-refractivity contribution in [1.29, 1.82) is 0 Å². The number of carbonyl (C=O) groups excluding carboxylic acids is 1. The van der Waals surface area contributed by atoms with Gasteiger partial charge in [0.1, 0.15) is 0 Å². The summed E-state index contributed by atoms with van der Waals surface area (Å²) in [4.78, 5) is 12.1. The minimum Gasteiger partial charge on any atom is -0.348 e. The van der Waals surface area contributed by atoms with Crippen molar-refractivity contribution in [2.75, 3.05) is 6.54 Å². The van der Waals surface area contributed by atoms with Crippen LogP contribution in [0.3, 0.4) is 0 Å². The molecular formula is C16H25ClN2O. The maximum Gasteiger partial charge on any atom is 0.237 e. The highest BCUT2D eigenvalue weighted by molar-refractivity contribution is 5.85. The summed E-state index contributed by atoms with van der Waals surface area (Å²) in [5.41, 5.74) is 2.50. The lowest BCUT2D eigenvalue weighted by atomic mass is 10.0. The van der Waals surface area contributed by atoms with Crippen molar-refractivity contribution in [2.24, 2.45) is 0 Å². The number of carbonyl (C=O) groups is 1. The van der Waals surface area contributed by atoms with Crippen LogP contribution in [-0.4, -0.2) is 18.5 Å². The summed E-state index contributed by atoms with van der Waals surface area (Å²) in [6.45, 7) is 5.15. The Hall–Kier alpha value is -1.06. The molecule has 0 spiro atoms. The molecule has 1 aliphatic rings. The van der Waals surface area contributed by atoms with E-state index in [9.17, 15) is 4.79 Å². The molecule has 0 aliphatic carbocycles. The maximum absolute atomic E-state index is 12.1. The Kier molecular flexibility index (Phi) is 7.03. The average Bonchev–Trinajstić information content (AvgIpc) is 2.48. The molecule has 2 rings (SSSR count). The molecule has 112 valence electrons. The number of rotatable bonds is 4. The number of benzene rings is 1. The van der Waals surface area contributed by atoms with E-state index in [1.807, 2.05) is 6.92 Å². The Balaban J connectivity index is 0.00000200. The molecule has 1 aromatic rings. The molecule has 3 nitrogen and oxygen atoms in total. The number of amides is 1. The monoisotopic (exact) mass is 296 g/mol. The quantitative estimate of drug-likeness (QED) is 0.897. The van der Waals surface area contributed by atoms with Crippen LogP contribution in [0.2, 0.25) is 0 Å². The first-order chi connectivity index (χ1) is 9.20. The van der Waals surface area contributed by atoms with Crippen molar-refractivity contribution >= 4 is 18.3 Å². The Labute approximate surface area is 127 Å². The smallest absolute Gasteiger partial charge is 0.237 e. The van der Waals surface area contributed by atoms with Crippen LogP contribution in [0.1, 0.15) is 50.3 Å². The maximum atomic E-state index is 12.1. The normalized spacial score (nSPS) is 19.8. The topological polar surface area (TPSA) is 41.1 Å². The Morgan fingerprint density at radius 1 is 1.35 bits per heavy atom. The van der Waals surface area contributed by atoms with Gasteiger partial charge in [0.05, 0.1) is 12.1 Å². The van der Waals surface area contributed by atoms with Gasteiger partial charge in [0.2, 0.25) is 5.91 Å². The largest absolute Gasteiger partial charge is 0.348 e.